The summed E-state index contributed by atoms with van der Waals surface area (Å²) in [5, 5.41) is 6.19. The third kappa shape index (κ3) is 5.09. The molecule has 0 saturated heterocycles. The molecule has 1 unspecified atom stereocenters. The summed E-state index contributed by atoms with van der Waals surface area (Å²) in [6.45, 7) is 4.30. The highest BCUT2D eigenvalue weighted by Crippen LogP contribution is 2.30. The first-order valence-electron chi connectivity index (χ1n) is 9.46. The normalized spacial score (nSPS) is 16.1. The van der Waals surface area contributed by atoms with E-state index in [1.165, 1.54) is 0 Å². The number of carbonyl (C=O) groups is 2. The Labute approximate surface area is 174 Å². The van der Waals surface area contributed by atoms with Crippen LogP contribution in [0.25, 0.3) is 0 Å². The molecule has 3 rings (SSSR count). The molecule has 6 nitrogen and oxygen atoms in total. The molecule has 2 aromatic rings. The van der Waals surface area contributed by atoms with Crippen molar-refractivity contribution in [3.05, 3.63) is 76.0 Å². The predicted molar refractivity (Wildman–Crippen MR) is 111 cm³/mol. The topological polar surface area (TPSA) is 76.7 Å². The summed E-state index contributed by atoms with van der Waals surface area (Å²) in [5.41, 5.74) is 2.76. The lowest BCUT2D eigenvalue weighted by Crippen LogP contribution is -2.45. The number of nitrogens with one attached hydrogen (secondary N) is 2. The van der Waals surface area contributed by atoms with E-state index in [1.807, 2.05) is 55.5 Å². The molecule has 29 heavy (non-hydrogen) atoms. The highest BCUT2D eigenvalue weighted by Gasteiger charge is 2.32. The van der Waals surface area contributed by atoms with E-state index in [2.05, 4.69) is 10.6 Å². The Morgan fingerprint density at radius 1 is 1.07 bits per heavy atom. The molecule has 2 aromatic carbocycles. The molecule has 152 valence electrons. The van der Waals surface area contributed by atoms with Crippen molar-refractivity contribution in [1.29, 1.82) is 0 Å². The Hall–Kier alpha value is -2.99. The standard InChI is InChI=1S/C22H23ClN2O4/c1-3-18-19(21(26)28-4-2)20(25-22(27)24-18)15-7-11-17(12-8-15)29-13-14-5-9-16(23)10-6-14/h5-12,20H,3-4,13H2,1-2H3,(H2,24,25,27). The smallest absolute Gasteiger partial charge is 0.338 e. The number of carbonyl (C=O) groups excluding carboxylic acids is 2. The van der Waals surface area contributed by atoms with Gasteiger partial charge in [-0.25, -0.2) is 9.59 Å². The molecule has 1 heterocycles. The minimum Gasteiger partial charge on any atom is -0.489 e. The minimum absolute atomic E-state index is 0.261. The minimum atomic E-state index is -0.580. The van der Waals surface area contributed by atoms with Crippen LogP contribution in [0.2, 0.25) is 5.02 Å². The van der Waals surface area contributed by atoms with Crippen molar-refractivity contribution in [1.82, 2.24) is 10.6 Å². The first-order valence-corrected chi connectivity index (χ1v) is 9.84. The number of benzene rings is 2. The van der Waals surface area contributed by atoms with Crippen molar-refractivity contribution in [3.8, 4) is 5.75 Å². The summed E-state index contributed by atoms with van der Waals surface area (Å²) in [4.78, 5) is 24.6. The van der Waals surface area contributed by atoms with Crippen molar-refractivity contribution in [3.63, 3.8) is 0 Å². The van der Waals surface area contributed by atoms with E-state index in [9.17, 15) is 9.59 Å². The molecule has 0 fully saturated rings. The van der Waals surface area contributed by atoms with E-state index in [0.29, 0.717) is 35.1 Å². The zero-order chi connectivity index (χ0) is 20.8. The molecule has 0 radical (unpaired) electrons. The maximum Gasteiger partial charge on any atom is 0.338 e. The molecule has 0 bridgehead atoms. The monoisotopic (exact) mass is 414 g/mol. The molecular weight excluding hydrogens is 392 g/mol. The Kier molecular flexibility index (Phi) is 6.77. The van der Waals surface area contributed by atoms with Crippen LogP contribution >= 0.6 is 11.6 Å². The number of allylic oxidation sites excluding steroid dienone is 1. The second-order valence-electron chi connectivity index (χ2n) is 6.48. The number of ether oxygens (including phenoxy) is 2. The molecule has 1 atom stereocenters. The fourth-order valence-electron chi connectivity index (χ4n) is 3.10. The molecule has 0 spiro atoms. The molecule has 2 N–H and O–H groups in total. The third-order valence-electron chi connectivity index (χ3n) is 4.53. The molecule has 0 aromatic heterocycles. The molecule has 0 saturated carbocycles. The zero-order valence-corrected chi connectivity index (χ0v) is 17.1. The number of hydrogen-bond donors (Lipinski definition) is 2. The summed E-state index contributed by atoms with van der Waals surface area (Å²) in [6, 6.07) is 13.8. The van der Waals surface area contributed by atoms with Gasteiger partial charge in [-0.05, 0) is 48.7 Å². The van der Waals surface area contributed by atoms with Crippen LogP contribution in [0.1, 0.15) is 37.4 Å². The second-order valence-corrected chi connectivity index (χ2v) is 6.92. The summed E-state index contributed by atoms with van der Waals surface area (Å²) >= 11 is 5.89. The fourth-order valence-corrected chi connectivity index (χ4v) is 3.23. The van der Waals surface area contributed by atoms with E-state index >= 15 is 0 Å². The maximum absolute atomic E-state index is 12.5. The van der Waals surface area contributed by atoms with Gasteiger partial charge in [0.15, 0.2) is 0 Å². The number of rotatable bonds is 7. The quantitative estimate of drug-likeness (QED) is 0.654. The summed E-state index contributed by atoms with van der Waals surface area (Å²) in [5.74, 6) is 0.242. The van der Waals surface area contributed by atoms with Crippen LogP contribution in [0.5, 0.6) is 5.75 Å². The first kappa shape index (κ1) is 20.7. The van der Waals surface area contributed by atoms with Gasteiger partial charge >= 0.3 is 12.0 Å². The highest BCUT2D eigenvalue weighted by atomic mass is 35.5. The van der Waals surface area contributed by atoms with Crippen LogP contribution in [-0.2, 0) is 16.1 Å². The molecule has 7 heteroatoms. The lowest BCUT2D eigenvalue weighted by atomic mass is 9.94. The van der Waals surface area contributed by atoms with Crippen LogP contribution in [0.15, 0.2) is 59.8 Å². The van der Waals surface area contributed by atoms with Gasteiger partial charge in [0.25, 0.3) is 0 Å². The number of hydrogen-bond acceptors (Lipinski definition) is 4. The average Bonchev–Trinajstić information content (AvgIpc) is 2.73. The number of urea groups is 1. The number of amides is 2. The molecule has 2 amide bonds. The van der Waals surface area contributed by atoms with Gasteiger partial charge in [0.1, 0.15) is 12.4 Å². The van der Waals surface area contributed by atoms with E-state index in [0.717, 1.165) is 11.1 Å². The molecule has 0 aliphatic carbocycles. The maximum atomic E-state index is 12.5. The van der Waals surface area contributed by atoms with Gasteiger partial charge in [0.05, 0.1) is 18.2 Å². The van der Waals surface area contributed by atoms with Crippen molar-refractivity contribution in [2.45, 2.75) is 32.9 Å². The fraction of sp³-hybridized carbons (Fsp3) is 0.273. The van der Waals surface area contributed by atoms with Gasteiger partial charge in [0.2, 0.25) is 0 Å². The SMILES string of the molecule is CCOC(=O)C1=C(CC)NC(=O)NC1c1ccc(OCc2ccc(Cl)cc2)cc1. The van der Waals surface area contributed by atoms with Gasteiger partial charge < -0.3 is 20.1 Å². The van der Waals surface area contributed by atoms with Gasteiger partial charge in [0, 0.05) is 10.7 Å². The summed E-state index contributed by atoms with van der Waals surface area (Å²) in [6.07, 6.45) is 0.514. The molecule has 1 aliphatic rings. The van der Waals surface area contributed by atoms with E-state index in [4.69, 9.17) is 21.1 Å². The van der Waals surface area contributed by atoms with E-state index < -0.39 is 12.0 Å². The lowest BCUT2D eigenvalue weighted by Gasteiger charge is -2.29. The van der Waals surface area contributed by atoms with Crippen molar-refractivity contribution in [2.75, 3.05) is 6.61 Å². The van der Waals surface area contributed by atoms with Crippen LogP contribution in [0.3, 0.4) is 0 Å². The van der Waals surface area contributed by atoms with Crippen LogP contribution < -0.4 is 15.4 Å². The number of halogens is 1. The summed E-state index contributed by atoms with van der Waals surface area (Å²) in [7, 11) is 0. The van der Waals surface area contributed by atoms with Crippen LogP contribution in [0, 0.1) is 0 Å². The third-order valence-corrected chi connectivity index (χ3v) is 4.79. The lowest BCUT2D eigenvalue weighted by molar-refractivity contribution is -0.139. The molecule has 1 aliphatic heterocycles. The van der Waals surface area contributed by atoms with Crippen LogP contribution in [-0.4, -0.2) is 18.6 Å². The van der Waals surface area contributed by atoms with Gasteiger partial charge in [-0.1, -0.05) is 42.8 Å². The Balaban J connectivity index is 1.78. The van der Waals surface area contributed by atoms with Crippen LogP contribution in [0.4, 0.5) is 4.79 Å². The first-order chi connectivity index (χ1) is 14.0. The zero-order valence-electron chi connectivity index (χ0n) is 16.3. The van der Waals surface area contributed by atoms with Crippen molar-refractivity contribution >= 4 is 23.6 Å². The van der Waals surface area contributed by atoms with Gasteiger partial charge in [-0.15, -0.1) is 0 Å². The second kappa shape index (κ2) is 9.47. The van der Waals surface area contributed by atoms with E-state index in [-0.39, 0.29) is 12.6 Å². The average molecular weight is 415 g/mol. The number of esters is 1. The molecular formula is C22H23ClN2O4. The predicted octanol–water partition coefficient (Wildman–Crippen LogP) is 4.50. The van der Waals surface area contributed by atoms with Crippen molar-refractivity contribution < 1.29 is 19.1 Å². The Morgan fingerprint density at radius 2 is 1.76 bits per heavy atom. The summed E-state index contributed by atoms with van der Waals surface area (Å²) < 4.78 is 11.0. The van der Waals surface area contributed by atoms with E-state index in [1.54, 1.807) is 6.92 Å². The van der Waals surface area contributed by atoms with Gasteiger partial charge in [-0.2, -0.15) is 0 Å². The highest BCUT2D eigenvalue weighted by molar-refractivity contribution is 6.30. The largest absolute Gasteiger partial charge is 0.489 e. The van der Waals surface area contributed by atoms with Gasteiger partial charge in [-0.3, -0.25) is 0 Å². The van der Waals surface area contributed by atoms with Crippen molar-refractivity contribution in [2.24, 2.45) is 0 Å². The Morgan fingerprint density at radius 3 is 2.38 bits per heavy atom. The Bertz CT molecular complexity index is 907.